The normalized spacial score (nSPS) is 20.8. The van der Waals surface area contributed by atoms with Gasteiger partial charge in [-0.25, -0.2) is 4.98 Å². The van der Waals surface area contributed by atoms with Gasteiger partial charge in [-0.2, -0.15) is 0 Å². The van der Waals surface area contributed by atoms with Crippen molar-refractivity contribution in [3.63, 3.8) is 0 Å². The van der Waals surface area contributed by atoms with Gasteiger partial charge in [0.25, 0.3) is 0 Å². The molecule has 1 N–H and O–H groups in total. The predicted octanol–water partition coefficient (Wildman–Crippen LogP) is 1.80. The second-order valence-electron chi connectivity index (χ2n) is 6.67. The van der Waals surface area contributed by atoms with Crippen LogP contribution >= 0.6 is 0 Å². The Kier molecular flexibility index (Phi) is 4.68. The maximum Gasteiger partial charge on any atom is 0.226 e. The minimum absolute atomic E-state index is 0.0220. The second-order valence-corrected chi connectivity index (χ2v) is 6.67. The number of carbonyl (C=O) groups excluding carboxylic acids is 2. The lowest BCUT2D eigenvalue weighted by atomic mass is 9.93. The minimum atomic E-state index is -0.0220. The predicted molar refractivity (Wildman–Crippen MR) is 86.7 cm³/mol. The van der Waals surface area contributed by atoms with Crippen molar-refractivity contribution in [1.82, 2.24) is 19.8 Å². The van der Waals surface area contributed by atoms with E-state index in [1.54, 1.807) is 0 Å². The molecule has 1 aromatic rings. The first-order valence-electron chi connectivity index (χ1n) is 8.73. The number of amides is 2. The topological polar surface area (TPSA) is 67.2 Å². The molecule has 1 atom stereocenters. The molecular formula is C17H26N4O2. The largest absolute Gasteiger partial charge is 0.353 e. The number of nitrogens with zero attached hydrogens (tertiary/aromatic N) is 3. The standard InChI is InChI=1S/C17H26N4O2/c1-3-5-16(23)21-9-8-20-11-14(19-17(20)12(21)2)10-15(22)18-13-6-4-7-13/h11-13H,3-10H2,1-2H3,(H,18,22). The molecule has 1 aromatic heterocycles. The number of hydrogen-bond acceptors (Lipinski definition) is 3. The van der Waals surface area contributed by atoms with Crippen LogP contribution in [0.3, 0.4) is 0 Å². The van der Waals surface area contributed by atoms with E-state index in [4.69, 9.17) is 0 Å². The van der Waals surface area contributed by atoms with E-state index in [0.29, 0.717) is 18.9 Å². The van der Waals surface area contributed by atoms with Crippen LogP contribution in [0.25, 0.3) is 0 Å². The number of carbonyl (C=O) groups is 2. The van der Waals surface area contributed by atoms with E-state index in [-0.39, 0.29) is 17.9 Å². The molecule has 1 saturated carbocycles. The molecule has 6 nitrogen and oxygen atoms in total. The first-order valence-corrected chi connectivity index (χ1v) is 8.73. The summed E-state index contributed by atoms with van der Waals surface area (Å²) in [5.74, 6) is 1.14. The van der Waals surface area contributed by atoms with Gasteiger partial charge in [0.1, 0.15) is 5.82 Å². The Morgan fingerprint density at radius 3 is 2.78 bits per heavy atom. The van der Waals surface area contributed by atoms with E-state index < -0.39 is 0 Å². The van der Waals surface area contributed by atoms with Crippen molar-refractivity contribution in [3.05, 3.63) is 17.7 Å². The van der Waals surface area contributed by atoms with Crippen LogP contribution < -0.4 is 5.32 Å². The van der Waals surface area contributed by atoms with Crippen molar-refractivity contribution < 1.29 is 9.59 Å². The van der Waals surface area contributed by atoms with Crippen LogP contribution in [0.1, 0.15) is 63.5 Å². The van der Waals surface area contributed by atoms with E-state index in [1.807, 2.05) is 24.9 Å². The van der Waals surface area contributed by atoms with Crippen LogP contribution in [0.4, 0.5) is 0 Å². The van der Waals surface area contributed by atoms with Gasteiger partial charge >= 0.3 is 0 Å². The summed E-state index contributed by atoms with van der Waals surface area (Å²) in [7, 11) is 0. The maximum absolute atomic E-state index is 12.2. The van der Waals surface area contributed by atoms with Crippen molar-refractivity contribution in [2.45, 2.75) is 71.0 Å². The Bertz CT molecular complexity index is 591. The molecule has 3 rings (SSSR count). The summed E-state index contributed by atoms with van der Waals surface area (Å²) < 4.78 is 2.09. The Morgan fingerprint density at radius 1 is 1.35 bits per heavy atom. The lowest BCUT2D eigenvalue weighted by Crippen LogP contribution is -2.40. The van der Waals surface area contributed by atoms with E-state index in [9.17, 15) is 9.59 Å². The summed E-state index contributed by atoms with van der Waals surface area (Å²) in [6.45, 7) is 5.51. The SMILES string of the molecule is CCCC(=O)N1CCn2cc(CC(=O)NC3CCC3)nc2C1C. The second kappa shape index (κ2) is 6.72. The van der Waals surface area contributed by atoms with Crippen LogP contribution in [0.5, 0.6) is 0 Å². The molecule has 0 spiro atoms. The Labute approximate surface area is 137 Å². The molecule has 1 unspecified atom stereocenters. The number of aromatic nitrogens is 2. The van der Waals surface area contributed by atoms with Gasteiger partial charge in [0.05, 0.1) is 18.2 Å². The fraction of sp³-hybridized carbons (Fsp3) is 0.706. The molecule has 126 valence electrons. The molecule has 2 amide bonds. The van der Waals surface area contributed by atoms with Gasteiger partial charge in [-0.1, -0.05) is 6.92 Å². The van der Waals surface area contributed by atoms with Gasteiger partial charge < -0.3 is 14.8 Å². The zero-order valence-electron chi connectivity index (χ0n) is 14.0. The average molecular weight is 318 g/mol. The molecule has 0 aromatic carbocycles. The Balaban J connectivity index is 1.65. The average Bonchev–Trinajstić information content (AvgIpc) is 2.87. The number of imidazole rings is 1. The third-order valence-electron chi connectivity index (χ3n) is 4.88. The highest BCUT2D eigenvalue weighted by Crippen LogP contribution is 2.25. The molecule has 1 aliphatic carbocycles. The summed E-state index contributed by atoms with van der Waals surface area (Å²) in [6, 6.07) is 0.340. The molecule has 23 heavy (non-hydrogen) atoms. The van der Waals surface area contributed by atoms with Crippen molar-refractivity contribution in [1.29, 1.82) is 0 Å². The molecular weight excluding hydrogens is 292 g/mol. The molecule has 0 saturated heterocycles. The van der Waals surface area contributed by atoms with Crippen LogP contribution in [0, 0.1) is 0 Å². The van der Waals surface area contributed by atoms with Crippen molar-refractivity contribution in [2.24, 2.45) is 0 Å². The van der Waals surface area contributed by atoms with Gasteiger partial charge in [-0.3, -0.25) is 9.59 Å². The highest BCUT2D eigenvalue weighted by Gasteiger charge is 2.29. The van der Waals surface area contributed by atoms with Crippen LogP contribution in [-0.4, -0.2) is 38.9 Å². The highest BCUT2D eigenvalue weighted by atomic mass is 16.2. The van der Waals surface area contributed by atoms with Crippen molar-refractivity contribution in [2.75, 3.05) is 6.54 Å². The molecule has 6 heteroatoms. The Morgan fingerprint density at radius 2 is 2.13 bits per heavy atom. The third kappa shape index (κ3) is 3.41. The first-order chi connectivity index (χ1) is 11.1. The third-order valence-corrected chi connectivity index (χ3v) is 4.88. The minimum Gasteiger partial charge on any atom is -0.353 e. The number of nitrogens with one attached hydrogen (secondary N) is 1. The van der Waals surface area contributed by atoms with Crippen LogP contribution in [0.15, 0.2) is 6.20 Å². The summed E-state index contributed by atoms with van der Waals surface area (Å²) in [6.07, 6.45) is 7.14. The quantitative estimate of drug-likeness (QED) is 0.900. The first kappa shape index (κ1) is 16.0. The van der Waals surface area contributed by atoms with Crippen LogP contribution in [0.2, 0.25) is 0 Å². The van der Waals surface area contributed by atoms with Gasteiger partial charge in [0.15, 0.2) is 0 Å². The summed E-state index contributed by atoms with van der Waals surface area (Å²) in [5.41, 5.74) is 0.800. The van der Waals surface area contributed by atoms with Gasteiger partial charge in [-0.15, -0.1) is 0 Å². The van der Waals surface area contributed by atoms with Crippen molar-refractivity contribution in [3.8, 4) is 0 Å². The van der Waals surface area contributed by atoms with E-state index in [1.165, 1.54) is 6.42 Å². The molecule has 1 fully saturated rings. The molecule has 2 heterocycles. The molecule has 2 aliphatic rings. The number of hydrogen-bond donors (Lipinski definition) is 1. The highest BCUT2D eigenvalue weighted by molar-refractivity contribution is 5.78. The maximum atomic E-state index is 12.2. The van der Waals surface area contributed by atoms with Crippen molar-refractivity contribution >= 4 is 11.8 Å². The lowest BCUT2D eigenvalue weighted by molar-refractivity contribution is -0.134. The molecule has 0 radical (unpaired) electrons. The Hall–Kier alpha value is -1.85. The fourth-order valence-electron chi connectivity index (χ4n) is 3.33. The van der Waals surface area contributed by atoms with E-state index in [2.05, 4.69) is 14.9 Å². The lowest BCUT2D eigenvalue weighted by Gasteiger charge is -2.33. The van der Waals surface area contributed by atoms with E-state index >= 15 is 0 Å². The number of fused-ring (bicyclic) bond motifs is 1. The van der Waals surface area contributed by atoms with Gasteiger partial charge in [0, 0.05) is 31.7 Å². The summed E-state index contributed by atoms with van der Waals surface area (Å²) in [5, 5.41) is 3.05. The smallest absolute Gasteiger partial charge is 0.226 e. The summed E-state index contributed by atoms with van der Waals surface area (Å²) in [4.78, 5) is 30.8. The van der Waals surface area contributed by atoms with Gasteiger partial charge in [-0.05, 0) is 32.6 Å². The monoisotopic (exact) mass is 318 g/mol. The van der Waals surface area contributed by atoms with Crippen LogP contribution in [-0.2, 0) is 22.6 Å². The number of rotatable bonds is 5. The van der Waals surface area contributed by atoms with Gasteiger partial charge in [0.2, 0.25) is 11.8 Å². The molecule has 0 bridgehead atoms. The zero-order valence-corrected chi connectivity index (χ0v) is 14.0. The van der Waals surface area contributed by atoms with E-state index in [0.717, 1.165) is 43.9 Å². The zero-order chi connectivity index (χ0) is 16.4. The molecule has 1 aliphatic heterocycles. The fourth-order valence-corrected chi connectivity index (χ4v) is 3.33. The summed E-state index contributed by atoms with van der Waals surface area (Å²) >= 11 is 0.